The third-order valence-corrected chi connectivity index (χ3v) is 4.91. The average molecular weight is 333 g/mol. The van der Waals surface area contributed by atoms with Gasteiger partial charge in [0, 0.05) is 25.0 Å². The first-order valence-corrected chi connectivity index (χ1v) is 8.81. The minimum absolute atomic E-state index is 0.326. The molecule has 3 aromatic carbocycles. The Hall–Kier alpha value is -2.36. The molecule has 25 heavy (non-hydrogen) atoms. The fourth-order valence-corrected chi connectivity index (χ4v) is 3.57. The second-order valence-corrected chi connectivity index (χ2v) is 6.94. The molecular formula is C22H23NO2. The van der Waals surface area contributed by atoms with Crippen molar-refractivity contribution in [1.82, 2.24) is 4.90 Å². The van der Waals surface area contributed by atoms with Gasteiger partial charge in [0.05, 0.1) is 0 Å². The molecule has 4 rings (SSSR count). The second-order valence-electron chi connectivity index (χ2n) is 6.94. The summed E-state index contributed by atoms with van der Waals surface area (Å²) in [5, 5.41) is 13.2. The SMILES string of the molecule is OC1(COc2cccc3ccccc23)CCN(Cc2ccccc2)C1. The number of likely N-dealkylation sites (tertiary alicyclic amines) is 1. The molecule has 0 bridgehead atoms. The lowest BCUT2D eigenvalue weighted by molar-refractivity contribution is 0.00385. The van der Waals surface area contributed by atoms with E-state index in [1.807, 2.05) is 30.3 Å². The highest BCUT2D eigenvalue weighted by molar-refractivity contribution is 5.88. The van der Waals surface area contributed by atoms with E-state index in [4.69, 9.17) is 4.74 Å². The third kappa shape index (κ3) is 3.68. The van der Waals surface area contributed by atoms with E-state index < -0.39 is 5.60 Å². The van der Waals surface area contributed by atoms with Crippen LogP contribution in [0.2, 0.25) is 0 Å². The van der Waals surface area contributed by atoms with Crippen LogP contribution < -0.4 is 4.74 Å². The molecule has 0 spiro atoms. The predicted octanol–water partition coefficient (Wildman–Crippen LogP) is 3.86. The maximum Gasteiger partial charge on any atom is 0.127 e. The Morgan fingerprint density at radius 3 is 2.56 bits per heavy atom. The number of hydrogen-bond donors (Lipinski definition) is 1. The van der Waals surface area contributed by atoms with Crippen molar-refractivity contribution in [3.63, 3.8) is 0 Å². The summed E-state index contributed by atoms with van der Waals surface area (Å²) in [6.45, 7) is 2.74. The molecular weight excluding hydrogens is 310 g/mol. The Morgan fingerprint density at radius 1 is 0.920 bits per heavy atom. The van der Waals surface area contributed by atoms with Crippen LogP contribution in [0.3, 0.4) is 0 Å². The molecule has 0 saturated carbocycles. The molecule has 1 aliphatic rings. The Balaban J connectivity index is 1.41. The highest BCUT2D eigenvalue weighted by atomic mass is 16.5. The number of rotatable bonds is 5. The zero-order valence-electron chi connectivity index (χ0n) is 14.3. The van der Waals surface area contributed by atoms with Gasteiger partial charge in [-0.15, -0.1) is 0 Å². The molecule has 0 radical (unpaired) electrons. The molecule has 3 aromatic rings. The summed E-state index contributed by atoms with van der Waals surface area (Å²) in [5.41, 5.74) is 0.493. The Bertz CT molecular complexity index is 844. The van der Waals surface area contributed by atoms with Gasteiger partial charge in [-0.2, -0.15) is 0 Å². The standard InChI is InChI=1S/C22H23NO2/c24-22(13-14-23(16-22)15-18-7-2-1-3-8-18)17-25-21-12-6-10-19-9-4-5-11-20(19)21/h1-12,24H,13-17H2. The van der Waals surface area contributed by atoms with Gasteiger partial charge in [0.15, 0.2) is 0 Å². The van der Waals surface area contributed by atoms with Gasteiger partial charge < -0.3 is 9.84 Å². The molecule has 1 atom stereocenters. The van der Waals surface area contributed by atoms with E-state index >= 15 is 0 Å². The zero-order chi connectivity index (χ0) is 17.1. The highest BCUT2D eigenvalue weighted by Gasteiger charge is 2.36. The van der Waals surface area contributed by atoms with E-state index in [1.165, 1.54) is 5.56 Å². The molecule has 1 heterocycles. The van der Waals surface area contributed by atoms with Crippen LogP contribution >= 0.6 is 0 Å². The van der Waals surface area contributed by atoms with Gasteiger partial charge in [-0.3, -0.25) is 4.90 Å². The monoisotopic (exact) mass is 333 g/mol. The largest absolute Gasteiger partial charge is 0.490 e. The minimum atomic E-state index is -0.786. The van der Waals surface area contributed by atoms with Crippen LogP contribution in [0.25, 0.3) is 10.8 Å². The van der Waals surface area contributed by atoms with Crippen molar-refractivity contribution in [3.8, 4) is 5.75 Å². The van der Waals surface area contributed by atoms with E-state index in [9.17, 15) is 5.11 Å². The van der Waals surface area contributed by atoms with E-state index in [0.29, 0.717) is 13.2 Å². The molecule has 1 aliphatic heterocycles. The van der Waals surface area contributed by atoms with Crippen molar-refractivity contribution in [3.05, 3.63) is 78.4 Å². The van der Waals surface area contributed by atoms with Crippen LogP contribution in [0.4, 0.5) is 0 Å². The second kappa shape index (κ2) is 6.87. The van der Waals surface area contributed by atoms with Crippen molar-refractivity contribution < 1.29 is 9.84 Å². The fraction of sp³-hybridized carbons (Fsp3) is 0.273. The molecule has 1 saturated heterocycles. The molecule has 0 amide bonds. The summed E-state index contributed by atoms with van der Waals surface area (Å²) < 4.78 is 6.03. The van der Waals surface area contributed by atoms with Crippen LogP contribution in [0.15, 0.2) is 72.8 Å². The van der Waals surface area contributed by atoms with Gasteiger partial charge in [0.2, 0.25) is 0 Å². The first-order valence-electron chi connectivity index (χ1n) is 8.81. The summed E-state index contributed by atoms with van der Waals surface area (Å²) >= 11 is 0. The highest BCUT2D eigenvalue weighted by Crippen LogP contribution is 2.28. The topological polar surface area (TPSA) is 32.7 Å². The molecule has 3 heteroatoms. The van der Waals surface area contributed by atoms with Gasteiger partial charge in [0.1, 0.15) is 18.0 Å². The summed E-state index contributed by atoms with van der Waals surface area (Å²) in [5.74, 6) is 0.841. The van der Waals surface area contributed by atoms with Crippen molar-refractivity contribution in [2.75, 3.05) is 19.7 Å². The molecule has 0 aliphatic carbocycles. The smallest absolute Gasteiger partial charge is 0.127 e. The molecule has 1 unspecified atom stereocenters. The lowest BCUT2D eigenvalue weighted by Crippen LogP contribution is -2.39. The first-order chi connectivity index (χ1) is 12.2. The van der Waals surface area contributed by atoms with Crippen molar-refractivity contribution >= 4 is 10.8 Å². The van der Waals surface area contributed by atoms with Gasteiger partial charge >= 0.3 is 0 Å². The van der Waals surface area contributed by atoms with Crippen molar-refractivity contribution in [2.24, 2.45) is 0 Å². The van der Waals surface area contributed by atoms with Gasteiger partial charge in [-0.05, 0) is 23.4 Å². The molecule has 1 fully saturated rings. The number of fused-ring (bicyclic) bond motifs is 1. The zero-order valence-corrected chi connectivity index (χ0v) is 14.3. The number of hydrogen-bond acceptors (Lipinski definition) is 3. The van der Waals surface area contributed by atoms with Crippen molar-refractivity contribution in [1.29, 1.82) is 0 Å². The van der Waals surface area contributed by atoms with Crippen LogP contribution in [0.1, 0.15) is 12.0 Å². The maximum atomic E-state index is 10.9. The summed E-state index contributed by atoms with van der Waals surface area (Å²) in [4.78, 5) is 2.29. The number of benzene rings is 3. The quantitative estimate of drug-likeness (QED) is 0.770. The van der Waals surface area contributed by atoms with Crippen LogP contribution in [-0.4, -0.2) is 35.3 Å². The van der Waals surface area contributed by atoms with E-state index in [0.717, 1.165) is 36.0 Å². The summed E-state index contributed by atoms with van der Waals surface area (Å²) in [6, 6.07) is 24.6. The lowest BCUT2D eigenvalue weighted by atomic mass is 10.1. The minimum Gasteiger partial charge on any atom is -0.490 e. The van der Waals surface area contributed by atoms with Crippen LogP contribution in [0.5, 0.6) is 5.75 Å². The van der Waals surface area contributed by atoms with Gasteiger partial charge in [-0.1, -0.05) is 66.7 Å². The number of β-amino-alcohol motifs (C(OH)–C–C–N with tert-alkyl or cyclic N) is 1. The molecule has 1 N–H and O–H groups in total. The summed E-state index contributed by atoms with van der Waals surface area (Å²) in [6.07, 6.45) is 0.741. The number of ether oxygens (including phenoxy) is 1. The molecule has 3 nitrogen and oxygen atoms in total. The third-order valence-electron chi connectivity index (χ3n) is 4.91. The summed E-state index contributed by atoms with van der Waals surface area (Å²) in [7, 11) is 0. The maximum absolute atomic E-state index is 10.9. The Kier molecular flexibility index (Phi) is 4.43. The molecule has 128 valence electrons. The van der Waals surface area contributed by atoms with Gasteiger partial charge in [0.25, 0.3) is 0 Å². The predicted molar refractivity (Wildman–Crippen MR) is 101 cm³/mol. The molecule has 0 aromatic heterocycles. The Morgan fingerprint density at radius 2 is 1.68 bits per heavy atom. The average Bonchev–Trinajstić information content (AvgIpc) is 3.02. The number of aliphatic hydroxyl groups is 1. The van der Waals surface area contributed by atoms with Gasteiger partial charge in [-0.25, -0.2) is 0 Å². The Labute approximate surface area is 148 Å². The first kappa shape index (κ1) is 16.1. The normalized spacial score (nSPS) is 20.8. The van der Waals surface area contributed by atoms with E-state index in [1.54, 1.807) is 0 Å². The van der Waals surface area contributed by atoms with Crippen LogP contribution in [0, 0.1) is 0 Å². The van der Waals surface area contributed by atoms with E-state index in [-0.39, 0.29) is 0 Å². The van der Waals surface area contributed by atoms with E-state index in [2.05, 4.69) is 47.4 Å². The number of nitrogens with zero attached hydrogens (tertiary/aromatic N) is 1. The van der Waals surface area contributed by atoms with Crippen molar-refractivity contribution in [2.45, 2.75) is 18.6 Å². The van der Waals surface area contributed by atoms with Crippen LogP contribution in [-0.2, 0) is 6.54 Å². The lowest BCUT2D eigenvalue weighted by Gasteiger charge is -2.24. The fourth-order valence-electron chi connectivity index (χ4n) is 3.57.